The fraction of sp³-hybridized carbons (Fsp3) is 0.533. The lowest BCUT2D eigenvalue weighted by Gasteiger charge is -2.29. The quantitative estimate of drug-likeness (QED) is 0.897. The molecule has 4 heteroatoms. The summed E-state index contributed by atoms with van der Waals surface area (Å²) in [7, 11) is 0. The Kier molecular flexibility index (Phi) is 3.89. The van der Waals surface area contributed by atoms with Gasteiger partial charge in [0.2, 0.25) is 5.91 Å². The van der Waals surface area contributed by atoms with Crippen LogP contribution in [0.15, 0.2) is 28.7 Å². The van der Waals surface area contributed by atoms with Crippen LogP contribution in [0.4, 0.5) is 0 Å². The van der Waals surface area contributed by atoms with Crippen molar-refractivity contribution in [2.24, 2.45) is 0 Å². The molecule has 1 aromatic rings. The van der Waals surface area contributed by atoms with Crippen molar-refractivity contribution in [2.75, 3.05) is 0 Å². The average Bonchev–Trinajstić information content (AvgIpc) is 2.72. The summed E-state index contributed by atoms with van der Waals surface area (Å²) in [6, 6.07) is 9.56. The number of halogens is 1. The number of hydrogen-bond acceptors (Lipinski definition) is 2. The van der Waals surface area contributed by atoms with Crippen LogP contribution in [-0.4, -0.2) is 24.0 Å². The molecule has 2 aliphatic rings. The molecule has 0 aromatic heterocycles. The molecular weight excluding hydrogens is 304 g/mol. The van der Waals surface area contributed by atoms with E-state index in [0.29, 0.717) is 24.5 Å². The van der Waals surface area contributed by atoms with Gasteiger partial charge in [-0.1, -0.05) is 28.1 Å². The monoisotopic (exact) mass is 322 g/mol. The summed E-state index contributed by atoms with van der Waals surface area (Å²) in [6.07, 6.45) is 5.19. The summed E-state index contributed by atoms with van der Waals surface area (Å²) >= 11 is 3.40. The van der Waals surface area contributed by atoms with Crippen molar-refractivity contribution in [1.82, 2.24) is 10.6 Å². The van der Waals surface area contributed by atoms with E-state index in [0.717, 1.165) is 22.9 Å². The Bertz CT molecular complexity index is 448. The van der Waals surface area contributed by atoms with Gasteiger partial charge in [0.15, 0.2) is 0 Å². The molecule has 2 heterocycles. The fourth-order valence-electron chi connectivity index (χ4n) is 3.24. The van der Waals surface area contributed by atoms with Gasteiger partial charge in [-0.3, -0.25) is 4.79 Å². The van der Waals surface area contributed by atoms with Crippen molar-refractivity contribution in [1.29, 1.82) is 0 Å². The van der Waals surface area contributed by atoms with Crippen LogP contribution in [0.1, 0.15) is 31.2 Å². The van der Waals surface area contributed by atoms with Crippen LogP contribution < -0.4 is 10.6 Å². The van der Waals surface area contributed by atoms with Crippen molar-refractivity contribution in [2.45, 2.75) is 50.2 Å². The number of carbonyl (C=O) groups is 1. The van der Waals surface area contributed by atoms with Crippen molar-refractivity contribution in [3.63, 3.8) is 0 Å². The molecule has 2 saturated heterocycles. The normalized spacial score (nSPS) is 29.2. The van der Waals surface area contributed by atoms with Crippen LogP contribution in [0.25, 0.3) is 0 Å². The Morgan fingerprint density at radius 2 is 1.84 bits per heavy atom. The van der Waals surface area contributed by atoms with Crippen molar-refractivity contribution in [3.05, 3.63) is 34.3 Å². The molecule has 2 aliphatic heterocycles. The summed E-state index contributed by atoms with van der Waals surface area (Å²) in [5, 5.41) is 6.79. The van der Waals surface area contributed by atoms with E-state index in [1.165, 1.54) is 12.8 Å². The summed E-state index contributed by atoms with van der Waals surface area (Å²) in [5.74, 6) is 0.147. The summed E-state index contributed by atoms with van der Waals surface area (Å²) in [6.45, 7) is 0. The largest absolute Gasteiger partial charge is 0.353 e. The Hall–Kier alpha value is -0.870. The van der Waals surface area contributed by atoms with Gasteiger partial charge in [-0.2, -0.15) is 0 Å². The van der Waals surface area contributed by atoms with Crippen LogP contribution in [0, 0.1) is 0 Å². The van der Waals surface area contributed by atoms with Gasteiger partial charge < -0.3 is 10.6 Å². The molecule has 0 saturated carbocycles. The fourth-order valence-corrected chi connectivity index (χ4v) is 3.51. The third-order valence-corrected chi connectivity index (χ3v) is 4.64. The van der Waals surface area contributed by atoms with Crippen LogP contribution in [-0.2, 0) is 11.2 Å². The first-order valence-corrected chi connectivity index (χ1v) is 7.78. The molecule has 1 amide bonds. The van der Waals surface area contributed by atoms with Crippen molar-refractivity contribution in [3.8, 4) is 0 Å². The maximum absolute atomic E-state index is 12.1. The van der Waals surface area contributed by atoms with E-state index < -0.39 is 0 Å². The van der Waals surface area contributed by atoms with E-state index in [-0.39, 0.29) is 5.91 Å². The van der Waals surface area contributed by atoms with Crippen molar-refractivity contribution >= 4 is 21.8 Å². The molecule has 0 aliphatic carbocycles. The van der Waals surface area contributed by atoms with Gasteiger partial charge in [-0.15, -0.1) is 0 Å². The number of amides is 1. The highest BCUT2D eigenvalue weighted by molar-refractivity contribution is 9.10. The zero-order valence-electron chi connectivity index (χ0n) is 10.9. The molecule has 2 atom stereocenters. The van der Waals surface area contributed by atoms with E-state index in [1.807, 2.05) is 24.3 Å². The lowest BCUT2D eigenvalue weighted by atomic mass is 9.99. The highest BCUT2D eigenvalue weighted by Crippen LogP contribution is 2.26. The summed E-state index contributed by atoms with van der Waals surface area (Å²) in [5.41, 5.74) is 1.07. The van der Waals surface area contributed by atoms with E-state index in [2.05, 4.69) is 26.6 Å². The number of rotatable bonds is 3. The Morgan fingerprint density at radius 3 is 2.47 bits per heavy atom. The second-order valence-electron chi connectivity index (χ2n) is 5.68. The Morgan fingerprint density at radius 1 is 1.21 bits per heavy atom. The first kappa shape index (κ1) is 13.1. The van der Waals surface area contributed by atoms with Crippen LogP contribution >= 0.6 is 15.9 Å². The van der Waals surface area contributed by atoms with Crippen LogP contribution in [0.3, 0.4) is 0 Å². The van der Waals surface area contributed by atoms with E-state index in [4.69, 9.17) is 0 Å². The molecule has 2 fully saturated rings. The molecule has 2 unspecified atom stereocenters. The minimum Gasteiger partial charge on any atom is -0.353 e. The minimum absolute atomic E-state index is 0.147. The molecule has 0 spiro atoms. The molecular formula is C15H19BrN2O. The van der Waals surface area contributed by atoms with Crippen LogP contribution in [0.5, 0.6) is 0 Å². The topological polar surface area (TPSA) is 41.1 Å². The molecule has 2 N–H and O–H groups in total. The number of piperidine rings is 1. The predicted octanol–water partition coefficient (Wildman–Crippen LogP) is 2.39. The average molecular weight is 323 g/mol. The zero-order valence-corrected chi connectivity index (χ0v) is 12.4. The molecule has 0 radical (unpaired) electrons. The van der Waals surface area contributed by atoms with E-state index >= 15 is 0 Å². The number of nitrogens with one attached hydrogen (secondary N) is 2. The zero-order chi connectivity index (χ0) is 13.2. The lowest BCUT2D eigenvalue weighted by Crippen LogP contribution is -2.48. The van der Waals surface area contributed by atoms with Gasteiger partial charge >= 0.3 is 0 Å². The molecule has 3 rings (SSSR count). The molecule has 3 nitrogen and oxygen atoms in total. The van der Waals surface area contributed by atoms with E-state index in [9.17, 15) is 4.79 Å². The number of carbonyl (C=O) groups excluding carboxylic acids is 1. The van der Waals surface area contributed by atoms with E-state index in [1.54, 1.807) is 0 Å². The maximum Gasteiger partial charge on any atom is 0.224 e. The molecule has 1 aromatic carbocycles. The maximum atomic E-state index is 12.1. The lowest BCUT2D eigenvalue weighted by molar-refractivity contribution is -0.121. The first-order chi connectivity index (χ1) is 9.19. The summed E-state index contributed by atoms with van der Waals surface area (Å²) < 4.78 is 1.05. The van der Waals surface area contributed by atoms with Crippen molar-refractivity contribution < 1.29 is 4.79 Å². The smallest absolute Gasteiger partial charge is 0.224 e. The van der Waals surface area contributed by atoms with Gasteiger partial charge in [-0.25, -0.2) is 0 Å². The highest BCUT2D eigenvalue weighted by atomic mass is 79.9. The third kappa shape index (κ3) is 3.37. The van der Waals surface area contributed by atoms with Gasteiger partial charge in [0.05, 0.1) is 6.42 Å². The Balaban J connectivity index is 1.52. The SMILES string of the molecule is O=C(Cc1ccc(Br)cc1)NC1CC2CCC(C1)N2. The molecule has 19 heavy (non-hydrogen) atoms. The minimum atomic E-state index is 0.147. The second-order valence-corrected chi connectivity index (χ2v) is 6.59. The number of fused-ring (bicyclic) bond motifs is 2. The molecule has 2 bridgehead atoms. The second kappa shape index (κ2) is 5.63. The van der Waals surface area contributed by atoms with Gasteiger partial charge in [0.1, 0.15) is 0 Å². The number of benzene rings is 1. The van der Waals surface area contributed by atoms with Gasteiger partial charge in [-0.05, 0) is 43.4 Å². The van der Waals surface area contributed by atoms with Gasteiger partial charge in [0.25, 0.3) is 0 Å². The van der Waals surface area contributed by atoms with Gasteiger partial charge in [0, 0.05) is 22.6 Å². The third-order valence-electron chi connectivity index (χ3n) is 4.12. The Labute approximate surface area is 122 Å². The highest BCUT2D eigenvalue weighted by Gasteiger charge is 2.33. The number of hydrogen-bond donors (Lipinski definition) is 2. The standard InChI is InChI=1S/C15H19BrN2O/c16-11-3-1-10(2-4-11)7-15(19)18-14-8-12-5-6-13(9-14)17-12/h1-4,12-14,17H,5-9H2,(H,18,19). The van der Waals surface area contributed by atoms with Crippen LogP contribution in [0.2, 0.25) is 0 Å². The first-order valence-electron chi connectivity index (χ1n) is 6.99. The summed E-state index contributed by atoms with van der Waals surface area (Å²) in [4.78, 5) is 12.1. The molecule has 102 valence electrons. The predicted molar refractivity (Wildman–Crippen MR) is 79.0 cm³/mol.